The number of sulfone groups is 1. The zero-order valence-corrected chi connectivity index (χ0v) is 12.8. The highest BCUT2D eigenvalue weighted by atomic mass is 32.2. The highest BCUT2D eigenvalue weighted by Crippen LogP contribution is 2.17. The fraction of sp³-hybridized carbons (Fsp3) is 0.538. The highest BCUT2D eigenvalue weighted by molar-refractivity contribution is 8.00. The molecule has 0 spiro atoms. The van der Waals surface area contributed by atoms with Crippen molar-refractivity contribution in [3.63, 3.8) is 0 Å². The topological polar surface area (TPSA) is 69.4 Å². The monoisotopic (exact) mass is 303 g/mol. The highest BCUT2D eigenvalue weighted by Gasteiger charge is 2.02. The molecule has 0 saturated heterocycles. The van der Waals surface area contributed by atoms with Crippen LogP contribution in [-0.2, 0) is 16.4 Å². The molecule has 0 radical (unpaired) electrons. The van der Waals surface area contributed by atoms with E-state index in [-0.39, 0.29) is 5.75 Å². The van der Waals surface area contributed by atoms with Gasteiger partial charge < -0.3 is 10.5 Å². The predicted molar refractivity (Wildman–Crippen MR) is 81.5 cm³/mol. The minimum atomic E-state index is -2.83. The molecule has 0 fully saturated rings. The Balaban J connectivity index is 2.14. The lowest BCUT2D eigenvalue weighted by molar-refractivity contribution is 0.315. The van der Waals surface area contributed by atoms with Crippen LogP contribution in [0.2, 0.25) is 0 Å². The Kier molecular flexibility index (Phi) is 7.27. The molecule has 4 nitrogen and oxygen atoms in total. The Labute approximate surface area is 119 Å². The first-order valence-electron chi connectivity index (χ1n) is 6.19. The Bertz CT molecular complexity index is 475. The van der Waals surface area contributed by atoms with Crippen molar-refractivity contribution in [2.45, 2.75) is 13.0 Å². The van der Waals surface area contributed by atoms with Crippen LogP contribution in [0.15, 0.2) is 24.3 Å². The van der Waals surface area contributed by atoms with Crippen LogP contribution < -0.4 is 10.5 Å². The van der Waals surface area contributed by atoms with E-state index in [1.807, 2.05) is 24.3 Å². The van der Waals surface area contributed by atoms with E-state index in [2.05, 4.69) is 0 Å². The molecule has 108 valence electrons. The van der Waals surface area contributed by atoms with Gasteiger partial charge in [-0.25, -0.2) is 8.42 Å². The van der Waals surface area contributed by atoms with Crippen LogP contribution in [0.1, 0.15) is 12.0 Å². The van der Waals surface area contributed by atoms with Gasteiger partial charge in [-0.3, -0.25) is 0 Å². The summed E-state index contributed by atoms with van der Waals surface area (Å²) in [5, 5.41) is 0. The average Bonchev–Trinajstić information content (AvgIpc) is 2.37. The van der Waals surface area contributed by atoms with E-state index < -0.39 is 9.84 Å². The molecule has 0 aliphatic heterocycles. The molecule has 0 saturated carbocycles. The molecule has 2 N–H and O–H groups in total. The third-order valence-corrected chi connectivity index (χ3v) is 4.76. The fourth-order valence-corrected chi connectivity index (χ4v) is 3.68. The number of rotatable bonds is 9. The maximum absolute atomic E-state index is 10.9. The summed E-state index contributed by atoms with van der Waals surface area (Å²) >= 11 is 1.64. The second kappa shape index (κ2) is 8.45. The maximum Gasteiger partial charge on any atom is 0.148 e. The molecule has 19 heavy (non-hydrogen) atoms. The molecule has 0 atom stereocenters. The Morgan fingerprint density at radius 3 is 2.68 bits per heavy atom. The van der Waals surface area contributed by atoms with Crippen LogP contribution >= 0.6 is 11.8 Å². The second-order valence-electron chi connectivity index (χ2n) is 4.26. The maximum atomic E-state index is 10.9. The first-order chi connectivity index (χ1) is 9.03. The van der Waals surface area contributed by atoms with Crippen LogP contribution in [0.4, 0.5) is 0 Å². The molecule has 6 heteroatoms. The lowest BCUT2D eigenvalue weighted by atomic mass is 10.2. The largest absolute Gasteiger partial charge is 0.493 e. The standard InChI is InChI=1S/C13H21NO3S2/c1-19(15,16)10-9-18-8-4-7-17-13-6-3-2-5-12(13)11-14/h2-3,5-6H,4,7-11,14H2,1H3. The lowest BCUT2D eigenvalue weighted by Gasteiger charge is -2.09. The summed E-state index contributed by atoms with van der Waals surface area (Å²) in [5.74, 6) is 2.64. The molecule has 0 unspecified atom stereocenters. The van der Waals surface area contributed by atoms with Gasteiger partial charge in [-0.1, -0.05) is 18.2 Å². The van der Waals surface area contributed by atoms with E-state index in [0.29, 0.717) is 18.9 Å². The smallest absolute Gasteiger partial charge is 0.148 e. The van der Waals surface area contributed by atoms with Crippen molar-refractivity contribution in [2.24, 2.45) is 5.73 Å². The van der Waals surface area contributed by atoms with E-state index in [1.54, 1.807) is 11.8 Å². The van der Waals surface area contributed by atoms with Crippen LogP contribution in [0, 0.1) is 0 Å². The van der Waals surface area contributed by atoms with E-state index in [9.17, 15) is 8.42 Å². The van der Waals surface area contributed by atoms with Crippen molar-refractivity contribution in [3.8, 4) is 5.75 Å². The quantitative estimate of drug-likeness (QED) is 0.703. The molecule has 1 rings (SSSR count). The summed E-state index contributed by atoms with van der Waals surface area (Å²) in [6.07, 6.45) is 2.16. The van der Waals surface area contributed by atoms with Crippen LogP contribution in [0.5, 0.6) is 5.75 Å². The van der Waals surface area contributed by atoms with Crippen LogP contribution in [-0.4, -0.2) is 38.5 Å². The first-order valence-corrected chi connectivity index (χ1v) is 9.40. The normalized spacial score (nSPS) is 11.5. The van der Waals surface area contributed by atoms with E-state index >= 15 is 0 Å². The summed E-state index contributed by atoms with van der Waals surface area (Å²) < 4.78 is 27.5. The van der Waals surface area contributed by atoms with Gasteiger partial charge in [0.1, 0.15) is 15.6 Å². The zero-order valence-electron chi connectivity index (χ0n) is 11.2. The fourth-order valence-electron chi connectivity index (χ4n) is 1.47. The van der Waals surface area contributed by atoms with Crippen molar-refractivity contribution >= 4 is 21.6 Å². The van der Waals surface area contributed by atoms with E-state index in [0.717, 1.165) is 23.5 Å². The van der Waals surface area contributed by atoms with Gasteiger partial charge >= 0.3 is 0 Å². The minimum Gasteiger partial charge on any atom is -0.493 e. The van der Waals surface area contributed by atoms with E-state index in [4.69, 9.17) is 10.5 Å². The number of hydrogen-bond donors (Lipinski definition) is 1. The van der Waals surface area contributed by atoms with Gasteiger partial charge in [0.05, 0.1) is 12.4 Å². The molecule has 1 aromatic rings. The number of para-hydroxylation sites is 1. The number of nitrogens with two attached hydrogens (primary N) is 1. The molecular formula is C13H21NO3S2. The van der Waals surface area contributed by atoms with Crippen molar-refractivity contribution < 1.29 is 13.2 Å². The number of ether oxygens (including phenoxy) is 1. The minimum absolute atomic E-state index is 0.245. The van der Waals surface area contributed by atoms with Gasteiger partial charge in [0, 0.05) is 24.1 Å². The summed E-state index contributed by atoms with van der Waals surface area (Å²) in [6.45, 7) is 1.10. The van der Waals surface area contributed by atoms with Gasteiger partial charge in [-0.15, -0.1) is 0 Å². The predicted octanol–water partition coefficient (Wildman–Crippen LogP) is 1.69. The molecule has 0 heterocycles. The van der Waals surface area contributed by atoms with Gasteiger partial charge in [0.25, 0.3) is 0 Å². The molecule has 0 aromatic heterocycles. The van der Waals surface area contributed by atoms with Crippen LogP contribution in [0.3, 0.4) is 0 Å². The van der Waals surface area contributed by atoms with Gasteiger partial charge in [-0.05, 0) is 18.2 Å². The second-order valence-corrected chi connectivity index (χ2v) is 7.74. The molecular weight excluding hydrogens is 282 g/mol. The molecule has 0 aliphatic carbocycles. The third kappa shape index (κ3) is 7.44. The summed E-state index contributed by atoms with van der Waals surface area (Å²) in [4.78, 5) is 0. The number of thioether (sulfide) groups is 1. The van der Waals surface area contributed by atoms with E-state index in [1.165, 1.54) is 6.26 Å². The molecule has 0 bridgehead atoms. The Morgan fingerprint density at radius 2 is 2.00 bits per heavy atom. The van der Waals surface area contributed by atoms with Crippen molar-refractivity contribution in [1.29, 1.82) is 0 Å². The Hall–Kier alpha value is -0.720. The van der Waals surface area contributed by atoms with Crippen molar-refractivity contribution in [3.05, 3.63) is 29.8 Å². The molecule has 0 amide bonds. The zero-order chi connectivity index (χ0) is 14.1. The van der Waals surface area contributed by atoms with Crippen LogP contribution in [0.25, 0.3) is 0 Å². The van der Waals surface area contributed by atoms with Gasteiger partial charge in [0.2, 0.25) is 0 Å². The van der Waals surface area contributed by atoms with Crippen molar-refractivity contribution in [1.82, 2.24) is 0 Å². The Morgan fingerprint density at radius 1 is 1.26 bits per heavy atom. The summed E-state index contributed by atoms with van der Waals surface area (Å²) in [6, 6.07) is 7.74. The van der Waals surface area contributed by atoms with Gasteiger partial charge in [0.15, 0.2) is 0 Å². The SMILES string of the molecule is CS(=O)(=O)CCSCCCOc1ccccc1CN. The molecule has 0 aliphatic rings. The van der Waals surface area contributed by atoms with Gasteiger partial charge in [-0.2, -0.15) is 11.8 Å². The summed E-state index contributed by atoms with van der Waals surface area (Å²) in [7, 11) is -2.83. The number of benzene rings is 1. The van der Waals surface area contributed by atoms with Crippen molar-refractivity contribution in [2.75, 3.05) is 30.1 Å². The summed E-state index contributed by atoms with van der Waals surface area (Å²) in [5.41, 5.74) is 6.63. The third-order valence-electron chi connectivity index (χ3n) is 2.48. The molecule has 1 aromatic carbocycles. The lowest BCUT2D eigenvalue weighted by Crippen LogP contribution is -2.07. The average molecular weight is 303 g/mol. The first kappa shape index (κ1) is 16.3. The number of hydrogen-bond acceptors (Lipinski definition) is 5.